The van der Waals surface area contributed by atoms with Crippen molar-refractivity contribution < 1.29 is 9.18 Å². The Morgan fingerprint density at radius 1 is 1.23 bits per heavy atom. The second-order valence-corrected chi connectivity index (χ2v) is 6.91. The zero-order valence-corrected chi connectivity index (χ0v) is 15.2. The van der Waals surface area contributed by atoms with Crippen LogP contribution in [0.1, 0.15) is 48.7 Å². The predicted octanol–water partition coefficient (Wildman–Crippen LogP) is 3.14. The van der Waals surface area contributed by atoms with E-state index in [1.165, 1.54) is 16.7 Å². The lowest BCUT2D eigenvalue weighted by Crippen LogP contribution is -2.40. The van der Waals surface area contributed by atoms with E-state index in [2.05, 4.69) is 4.98 Å². The van der Waals surface area contributed by atoms with Crippen molar-refractivity contribution in [2.75, 3.05) is 6.54 Å². The number of hydrogen-bond acceptors (Lipinski definition) is 3. The summed E-state index contributed by atoms with van der Waals surface area (Å²) in [5, 5.41) is 0. The summed E-state index contributed by atoms with van der Waals surface area (Å²) in [7, 11) is 0. The fraction of sp³-hybridized carbons (Fsp3) is 0.450. The standard InChI is InChI=1S/C20H24FN3O2/c1-14-11-15(2)24(20(26)22-14)13-19(25)23-10-5-3-4-9-18(23)16-7-6-8-17(21)12-16/h6-8,11-12,18H,3-5,9-10,13H2,1-2H3/t18-/m0/s1. The largest absolute Gasteiger partial charge is 0.348 e. The number of halogens is 1. The lowest BCUT2D eigenvalue weighted by atomic mass is 10.0. The van der Waals surface area contributed by atoms with Crippen LogP contribution in [0, 0.1) is 19.7 Å². The molecule has 1 aliphatic heterocycles. The van der Waals surface area contributed by atoms with Gasteiger partial charge in [-0.1, -0.05) is 25.0 Å². The highest BCUT2D eigenvalue weighted by Gasteiger charge is 2.27. The van der Waals surface area contributed by atoms with Crippen molar-refractivity contribution in [3.8, 4) is 0 Å². The number of carbonyl (C=O) groups excluding carboxylic acids is 1. The molecule has 1 fully saturated rings. The Morgan fingerprint density at radius 2 is 2.04 bits per heavy atom. The summed E-state index contributed by atoms with van der Waals surface area (Å²) in [6.45, 7) is 4.14. The lowest BCUT2D eigenvalue weighted by Gasteiger charge is -2.31. The van der Waals surface area contributed by atoms with Crippen molar-refractivity contribution >= 4 is 5.91 Å². The highest BCUT2D eigenvalue weighted by molar-refractivity contribution is 5.76. The minimum Gasteiger partial charge on any atom is -0.334 e. The second-order valence-electron chi connectivity index (χ2n) is 6.91. The number of aromatic nitrogens is 2. The molecule has 138 valence electrons. The Bertz CT molecular complexity index is 862. The number of rotatable bonds is 3. The Hall–Kier alpha value is -2.50. The van der Waals surface area contributed by atoms with Gasteiger partial charge >= 0.3 is 5.69 Å². The van der Waals surface area contributed by atoms with E-state index in [1.54, 1.807) is 30.9 Å². The van der Waals surface area contributed by atoms with Crippen molar-refractivity contribution in [2.45, 2.75) is 52.1 Å². The molecule has 0 radical (unpaired) electrons. The SMILES string of the molecule is Cc1cc(C)n(CC(=O)N2CCCCC[C@H]2c2cccc(F)c2)c(=O)n1. The lowest BCUT2D eigenvalue weighted by molar-refractivity contribution is -0.134. The Kier molecular flexibility index (Phi) is 5.49. The number of aryl methyl sites for hydroxylation is 2. The zero-order valence-electron chi connectivity index (χ0n) is 15.2. The number of hydrogen-bond donors (Lipinski definition) is 0. The molecule has 1 aliphatic rings. The van der Waals surface area contributed by atoms with Crippen LogP contribution in [-0.4, -0.2) is 26.9 Å². The smallest absolute Gasteiger partial charge is 0.334 e. The van der Waals surface area contributed by atoms with Crippen LogP contribution >= 0.6 is 0 Å². The first-order valence-corrected chi connectivity index (χ1v) is 9.06. The first-order valence-electron chi connectivity index (χ1n) is 9.06. The van der Waals surface area contributed by atoms with Gasteiger partial charge in [-0.15, -0.1) is 0 Å². The first-order chi connectivity index (χ1) is 12.5. The van der Waals surface area contributed by atoms with Gasteiger partial charge in [-0.3, -0.25) is 9.36 Å². The zero-order chi connectivity index (χ0) is 18.7. The molecule has 0 aliphatic carbocycles. The van der Waals surface area contributed by atoms with Crippen molar-refractivity contribution in [1.82, 2.24) is 14.5 Å². The molecule has 6 heteroatoms. The number of likely N-dealkylation sites (tertiary alicyclic amines) is 1. The topological polar surface area (TPSA) is 55.2 Å². The molecule has 1 aromatic carbocycles. The normalized spacial score (nSPS) is 17.8. The molecule has 3 rings (SSSR count). The molecule has 2 heterocycles. The molecule has 26 heavy (non-hydrogen) atoms. The maximum atomic E-state index is 13.7. The molecule has 1 saturated heterocycles. The quantitative estimate of drug-likeness (QED) is 0.848. The molecule has 0 saturated carbocycles. The summed E-state index contributed by atoms with van der Waals surface area (Å²) >= 11 is 0. The molecule has 0 unspecified atom stereocenters. The van der Waals surface area contributed by atoms with Gasteiger partial charge in [0.1, 0.15) is 12.4 Å². The molecule has 1 aromatic heterocycles. The van der Waals surface area contributed by atoms with E-state index >= 15 is 0 Å². The van der Waals surface area contributed by atoms with Gasteiger partial charge in [0.2, 0.25) is 5.91 Å². The highest BCUT2D eigenvalue weighted by atomic mass is 19.1. The number of nitrogens with zero attached hydrogens (tertiary/aromatic N) is 3. The molecule has 0 spiro atoms. The van der Waals surface area contributed by atoms with Gasteiger partial charge < -0.3 is 4.90 Å². The fourth-order valence-electron chi connectivity index (χ4n) is 3.66. The van der Waals surface area contributed by atoms with E-state index in [0.29, 0.717) is 17.9 Å². The Balaban J connectivity index is 1.89. The van der Waals surface area contributed by atoms with Crippen LogP contribution in [0.15, 0.2) is 35.1 Å². The van der Waals surface area contributed by atoms with Crippen LogP contribution in [0.2, 0.25) is 0 Å². The van der Waals surface area contributed by atoms with Crippen LogP contribution in [0.3, 0.4) is 0 Å². The van der Waals surface area contributed by atoms with Gasteiger partial charge in [-0.25, -0.2) is 9.18 Å². The number of amides is 1. The van der Waals surface area contributed by atoms with E-state index < -0.39 is 5.69 Å². The average Bonchev–Trinajstić information content (AvgIpc) is 2.84. The molecular formula is C20H24FN3O2. The van der Waals surface area contributed by atoms with Crippen LogP contribution in [-0.2, 0) is 11.3 Å². The van der Waals surface area contributed by atoms with Gasteiger partial charge in [0.15, 0.2) is 0 Å². The fourth-order valence-corrected chi connectivity index (χ4v) is 3.66. The third-order valence-corrected chi connectivity index (χ3v) is 4.95. The second kappa shape index (κ2) is 7.81. The monoisotopic (exact) mass is 357 g/mol. The average molecular weight is 357 g/mol. The third kappa shape index (κ3) is 4.00. The molecule has 2 aromatic rings. The van der Waals surface area contributed by atoms with Gasteiger partial charge in [0.05, 0.1) is 6.04 Å². The van der Waals surface area contributed by atoms with Gasteiger partial charge in [0, 0.05) is 17.9 Å². The summed E-state index contributed by atoms with van der Waals surface area (Å²) in [5.74, 6) is -0.425. The molecule has 1 amide bonds. The summed E-state index contributed by atoms with van der Waals surface area (Å²) in [6.07, 6.45) is 3.75. The van der Waals surface area contributed by atoms with Crippen LogP contribution in [0.25, 0.3) is 0 Å². The highest BCUT2D eigenvalue weighted by Crippen LogP contribution is 2.30. The van der Waals surface area contributed by atoms with Crippen molar-refractivity contribution in [3.63, 3.8) is 0 Å². The van der Waals surface area contributed by atoms with Crippen molar-refractivity contribution in [3.05, 3.63) is 63.6 Å². The van der Waals surface area contributed by atoms with Crippen LogP contribution in [0.5, 0.6) is 0 Å². The van der Waals surface area contributed by atoms with E-state index in [1.807, 2.05) is 6.07 Å². The molecule has 5 nitrogen and oxygen atoms in total. The summed E-state index contributed by atoms with van der Waals surface area (Å²) in [5.41, 5.74) is 1.76. The van der Waals surface area contributed by atoms with Crippen LogP contribution in [0.4, 0.5) is 4.39 Å². The van der Waals surface area contributed by atoms with Gasteiger partial charge in [-0.2, -0.15) is 4.98 Å². The van der Waals surface area contributed by atoms with Gasteiger partial charge in [0.25, 0.3) is 0 Å². The van der Waals surface area contributed by atoms with E-state index in [-0.39, 0.29) is 24.3 Å². The Labute approximate surface area is 152 Å². The molecule has 0 N–H and O–H groups in total. The molecule has 1 atom stereocenters. The first kappa shape index (κ1) is 18.3. The van der Waals surface area contributed by atoms with Crippen molar-refractivity contribution in [1.29, 1.82) is 0 Å². The molecular weight excluding hydrogens is 333 g/mol. The number of benzene rings is 1. The maximum absolute atomic E-state index is 13.7. The van der Waals surface area contributed by atoms with E-state index in [4.69, 9.17) is 0 Å². The van der Waals surface area contributed by atoms with Gasteiger partial charge in [-0.05, 0) is 50.5 Å². The van der Waals surface area contributed by atoms with Crippen LogP contribution < -0.4 is 5.69 Å². The predicted molar refractivity (Wildman–Crippen MR) is 97.3 cm³/mol. The minimum atomic E-state index is -0.409. The van der Waals surface area contributed by atoms with E-state index in [9.17, 15) is 14.0 Å². The number of carbonyl (C=O) groups is 1. The summed E-state index contributed by atoms with van der Waals surface area (Å²) < 4.78 is 15.1. The minimum absolute atomic E-state index is 0.0379. The molecule has 0 bridgehead atoms. The maximum Gasteiger partial charge on any atom is 0.348 e. The third-order valence-electron chi connectivity index (χ3n) is 4.95. The summed E-state index contributed by atoms with van der Waals surface area (Å²) in [6, 6.07) is 8.09. The van der Waals surface area contributed by atoms with E-state index in [0.717, 1.165) is 31.2 Å². The Morgan fingerprint density at radius 3 is 2.77 bits per heavy atom. The van der Waals surface area contributed by atoms with Crippen molar-refractivity contribution in [2.24, 2.45) is 0 Å². The summed E-state index contributed by atoms with van der Waals surface area (Å²) in [4.78, 5) is 30.9.